The first kappa shape index (κ1) is 17.7. The fourth-order valence-electron chi connectivity index (χ4n) is 2.88. The quantitative estimate of drug-likeness (QED) is 0.666. The number of nitrogens with zero attached hydrogens (tertiary/aromatic N) is 2. The molecule has 4 nitrogen and oxygen atoms in total. The number of aromatic nitrogens is 2. The molecular weight excluding hydrogens is 378 g/mol. The zero-order chi connectivity index (χ0) is 17.8. The van der Waals surface area contributed by atoms with Gasteiger partial charge in [-0.25, -0.2) is 4.98 Å². The number of nitrogens with one attached hydrogen (secondary N) is 1. The summed E-state index contributed by atoms with van der Waals surface area (Å²) < 4.78 is 3.23. The van der Waals surface area contributed by atoms with E-state index in [2.05, 4.69) is 45.7 Å². The van der Waals surface area contributed by atoms with Crippen molar-refractivity contribution in [1.82, 2.24) is 14.9 Å². The summed E-state index contributed by atoms with van der Waals surface area (Å²) >= 11 is 3.38. The summed E-state index contributed by atoms with van der Waals surface area (Å²) in [6.45, 7) is 5.90. The highest BCUT2D eigenvalue weighted by Gasteiger charge is 2.12. The van der Waals surface area contributed by atoms with Crippen molar-refractivity contribution >= 4 is 32.9 Å². The number of carbonyl (C=O) groups is 1. The Morgan fingerprint density at radius 2 is 1.88 bits per heavy atom. The summed E-state index contributed by atoms with van der Waals surface area (Å²) in [5.74, 6) is 1.50. The number of hydrogen-bond donors (Lipinski definition) is 1. The van der Waals surface area contributed by atoms with Crippen molar-refractivity contribution in [2.45, 2.75) is 26.8 Å². The van der Waals surface area contributed by atoms with Crippen molar-refractivity contribution in [1.29, 1.82) is 0 Å². The van der Waals surface area contributed by atoms with Crippen LogP contribution >= 0.6 is 15.9 Å². The van der Waals surface area contributed by atoms with E-state index >= 15 is 0 Å². The summed E-state index contributed by atoms with van der Waals surface area (Å²) in [5.41, 5.74) is 2.83. The molecule has 0 aliphatic heterocycles. The van der Waals surface area contributed by atoms with E-state index in [0.29, 0.717) is 24.4 Å². The van der Waals surface area contributed by atoms with Gasteiger partial charge in [0.15, 0.2) is 0 Å². The maximum absolute atomic E-state index is 12.2. The molecule has 1 heterocycles. The summed E-state index contributed by atoms with van der Waals surface area (Å²) in [4.78, 5) is 17.0. The van der Waals surface area contributed by atoms with E-state index in [9.17, 15) is 4.79 Å². The van der Waals surface area contributed by atoms with Gasteiger partial charge in [-0.3, -0.25) is 4.79 Å². The molecule has 0 atom stereocenters. The minimum atomic E-state index is -0.0565. The summed E-state index contributed by atoms with van der Waals surface area (Å²) in [6.07, 6.45) is 0.712. The Kier molecular flexibility index (Phi) is 5.53. The van der Waals surface area contributed by atoms with Gasteiger partial charge in [-0.1, -0.05) is 41.9 Å². The molecule has 0 radical (unpaired) electrons. The van der Waals surface area contributed by atoms with Gasteiger partial charge in [-0.15, -0.1) is 0 Å². The van der Waals surface area contributed by atoms with E-state index in [1.165, 1.54) is 0 Å². The van der Waals surface area contributed by atoms with Crippen molar-refractivity contribution < 1.29 is 4.79 Å². The lowest BCUT2D eigenvalue weighted by molar-refractivity contribution is 0.0954. The largest absolute Gasteiger partial charge is 0.352 e. The van der Waals surface area contributed by atoms with Crippen LogP contribution in [-0.2, 0) is 13.0 Å². The highest BCUT2D eigenvalue weighted by atomic mass is 79.9. The number of benzene rings is 2. The number of amides is 1. The number of rotatable bonds is 6. The van der Waals surface area contributed by atoms with Gasteiger partial charge in [0.2, 0.25) is 0 Å². The van der Waals surface area contributed by atoms with Crippen LogP contribution in [0.2, 0.25) is 0 Å². The Hall–Kier alpha value is -2.14. The number of para-hydroxylation sites is 2. The molecule has 1 amide bonds. The van der Waals surface area contributed by atoms with E-state index in [0.717, 1.165) is 27.9 Å². The summed E-state index contributed by atoms with van der Waals surface area (Å²) in [7, 11) is 0. The van der Waals surface area contributed by atoms with E-state index in [-0.39, 0.29) is 5.91 Å². The van der Waals surface area contributed by atoms with Crippen molar-refractivity contribution in [3.8, 4) is 0 Å². The van der Waals surface area contributed by atoms with Crippen molar-refractivity contribution in [3.05, 3.63) is 64.4 Å². The average Bonchev–Trinajstić information content (AvgIpc) is 2.93. The third-order valence-electron chi connectivity index (χ3n) is 4.02. The Balaban J connectivity index is 1.70. The maximum Gasteiger partial charge on any atom is 0.251 e. The third kappa shape index (κ3) is 4.28. The van der Waals surface area contributed by atoms with E-state index in [4.69, 9.17) is 4.98 Å². The van der Waals surface area contributed by atoms with Crippen LogP contribution < -0.4 is 5.32 Å². The SMILES string of the molecule is CC(C)Cn1c(CCNC(=O)c2ccc(Br)cc2)nc2ccccc21. The minimum Gasteiger partial charge on any atom is -0.352 e. The second-order valence-electron chi connectivity index (χ2n) is 6.53. The second kappa shape index (κ2) is 7.83. The molecule has 0 spiro atoms. The first-order valence-corrected chi connectivity index (χ1v) is 9.32. The van der Waals surface area contributed by atoms with E-state index in [1.54, 1.807) is 0 Å². The molecule has 1 aromatic heterocycles. The first-order valence-electron chi connectivity index (χ1n) is 8.52. The Bertz CT molecular complexity index is 868. The summed E-state index contributed by atoms with van der Waals surface area (Å²) in [6, 6.07) is 15.6. The maximum atomic E-state index is 12.2. The normalized spacial score (nSPS) is 11.2. The Labute approximate surface area is 156 Å². The van der Waals surface area contributed by atoms with Crippen LogP contribution in [0.1, 0.15) is 30.0 Å². The minimum absolute atomic E-state index is 0.0565. The highest BCUT2D eigenvalue weighted by molar-refractivity contribution is 9.10. The second-order valence-corrected chi connectivity index (χ2v) is 7.45. The molecule has 0 unspecified atom stereocenters. The predicted molar refractivity (Wildman–Crippen MR) is 105 cm³/mol. The number of fused-ring (bicyclic) bond motifs is 1. The van der Waals surface area contributed by atoms with Crippen molar-refractivity contribution in [2.24, 2.45) is 5.92 Å². The van der Waals surface area contributed by atoms with Crippen molar-refractivity contribution in [3.63, 3.8) is 0 Å². The number of halogens is 1. The fourth-order valence-corrected chi connectivity index (χ4v) is 3.14. The van der Waals surface area contributed by atoms with Crippen LogP contribution in [0.4, 0.5) is 0 Å². The van der Waals surface area contributed by atoms with Crippen LogP contribution in [0.3, 0.4) is 0 Å². The van der Waals surface area contributed by atoms with Crippen LogP contribution in [0.5, 0.6) is 0 Å². The van der Waals surface area contributed by atoms with Gasteiger partial charge in [0.05, 0.1) is 11.0 Å². The molecule has 0 aliphatic rings. The zero-order valence-corrected chi connectivity index (χ0v) is 16.1. The molecule has 2 aromatic carbocycles. The van der Waals surface area contributed by atoms with E-state index in [1.807, 2.05) is 42.5 Å². The van der Waals surface area contributed by atoms with Gasteiger partial charge in [0, 0.05) is 29.5 Å². The Morgan fingerprint density at radius 3 is 2.60 bits per heavy atom. The first-order chi connectivity index (χ1) is 12.0. The van der Waals surface area contributed by atoms with Gasteiger partial charge in [-0.05, 0) is 42.3 Å². The van der Waals surface area contributed by atoms with E-state index < -0.39 is 0 Å². The summed E-state index contributed by atoms with van der Waals surface area (Å²) in [5, 5.41) is 2.98. The molecule has 0 aliphatic carbocycles. The topological polar surface area (TPSA) is 46.9 Å². The fraction of sp³-hybridized carbons (Fsp3) is 0.300. The van der Waals surface area contributed by atoms with Crippen LogP contribution in [0.25, 0.3) is 11.0 Å². The zero-order valence-electron chi connectivity index (χ0n) is 14.5. The predicted octanol–water partition coefficient (Wildman–Crippen LogP) is 4.43. The van der Waals surface area contributed by atoms with Crippen LogP contribution in [-0.4, -0.2) is 22.0 Å². The molecule has 0 fully saturated rings. The third-order valence-corrected chi connectivity index (χ3v) is 4.55. The number of imidazole rings is 1. The molecule has 0 saturated carbocycles. The molecule has 130 valence electrons. The van der Waals surface area contributed by atoms with Crippen LogP contribution in [0.15, 0.2) is 53.0 Å². The Morgan fingerprint density at radius 1 is 1.16 bits per heavy atom. The van der Waals surface area contributed by atoms with Gasteiger partial charge in [-0.2, -0.15) is 0 Å². The molecule has 0 saturated heterocycles. The van der Waals surface area contributed by atoms with Crippen molar-refractivity contribution in [2.75, 3.05) is 6.54 Å². The van der Waals surface area contributed by atoms with Gasteiger partial charge in [0.25, 0.3) is 5.91 Å². The molecule has 3 aromatic rings. The lowest BCUT2D eigenvalue weighted by atomic mass is 10.2. The number of hydrogen-bond acceptors (Lipinski definition) is 2. The lowest BCUT2D eigenvalue weighted by Gasteiger charge is -2.12. The molecular formula is C20H22BrN3O. The van der Waals surface area contributed by atoms with Gasteiger partial charge in [0.1, 0.15) is 5.82 Å². The standard InChI is InChI=1S/C20H22BrN3O/c1-14(2)13-24-18-6-4-3-5-17(18)23-19(24)11-12-22-20(25)15-7-9-16(21)10-8-15/h3-10,14H,11-13H2,1-2H3,(H,22,25). The lowest BCUT2D eigenvalue weighted by Crippen LogP contribution is -2.26. The van der Waals surface area contributed by atoms with Crippen LogP contribution in [0, 0.1) is 5.92 Å². The monoisotopic (exact) mass is 399 g/mol. The molecule has 3 rings (SSSR count). The molecule has 0 bridgehead atoms. The molecule has 1 N–H and O–H groups in total. The number of carbonyl (C=O) groups excluding carboxylic acids is 1. The molecule has 25 heavy (non-hydrogen) atoms. The average molecular weight is 400 g/mol. The van der Waals surface area contributed by atoms with Gasteiger partial charge < -0.3 is 9.88 Å². The highest BCUT2D eigenvalue weighted by Crippen LogP contribution is 2.18. The smallest absolute Gasteiger partial charge is 0.251 e. The van der Waals surface area contributed by atoms with Gasteiger partial charge >= 0.3 is 0 Å². The molecule has 5 heteroatoms.